The second-order valence-corrected chi connectivity index (χ2v) is 17.7. The maximum atomic E-state index is 5.44. The Balaban J connectivity index is 1.06. The van der Waals surface area contributed by atoms with Gasteiger partial charge in [-0.25, -0.2) is 9.97 Å². The summed E-state index contributed by atoms with van der Waals surface area (Å²) in [5.41, 5.74) is 21.8. The minimum absolute atomic E-state index is 0.266. The predicted octanol–water partition coefficient (Wildman–Crippen LogP) is 15.5. The molecule has 2 heteroatoms. The average molecular weight is 817 g/mol. The molecule has 0 N–H and O–H groups in total. The Hall–Kier alpha value is -7.94. The van der Waals surface area contributed by atoms with E-state index in [2.05, 4.69) is 244 Å². The van der Waals surface area contributed by atoms with Crippen molar-refractivity contribution in [3.63, 3.8) is 0 Å². The maximum Gasteiger partial charge on any atom is 0.160 e. The van der Waals surface area contributed by atoms with Crippen LogP contribution in [0.5, 0.6) is 0 Å². The van der Waals surface area contributed by atoms with Crippen LogP contribution in [0.1, 0.15) is 47.2 Å². The zero-order valence-corrected chi connectivity index (χ0v) is 35.8. The monoisotopic (exact) mass is 816 g/mol. The molecule has 0 saturated carbocycles. The fourth-order valence-electron chi connectivity index (χ4n) is 10.8. The van der Waals surface area contributed by atoms with Crippen molar-refractivity contribution in [3.8, 4) is 78.4 Å². The maximum absolute atomic E-state index is 5.44. The minimum atomic E-state index is -0.439. The van der Waals surface area contributed by atoms with E-state index in [1.54, 1.807) is 0 Å². The normalized spacial score (nSPS) is 13.7. The van der Waals surface area contributed by atoms with Gasteiger partial charge in [0, 0.05) is 22.1 Å². The second-order valence-electron chi connectivity index (χ2n) is 17.7. The van der Waals surface area contributed by atoms with E-state index >= 15 is 0 Å². The SMILES string of the molecule is CC1(C)c2ccccc2C2(c3ccccc3-c3ccccc32)c2ccc(-c3ccccc3-c3cc(-c4cccc(-c5ccccc5)c4)nc(-c4cccc(-c5ccccc5)c4)n3)cc21. The highest BCUT2D eigenvalue weighted by molar-refractivity contribution is 5.90. The Morgan fingerprint density at radius 3 is 1.36 bits per heavy atom. The van der Waals surface area contributed by atoms with Crippen molar-refractivity contribution in [1.29, 1.82) is 0 Å². The van der Waals surface area contributed by atoms with Crippen molar-refractivity contribution in [3.05, 3.63) is 264 Å². The van der Waals surface area contributed by atoms with Crippen LogP contribution in [-0.4, -0.2) is 9.97 Å². The van der Waals surface area contributed by atoms with Gasteiger partial charge < -0.3 is 0 Å². The molecular weight excluding hydrogens is 773 g/mol. The number of rotatable bonds is 6. The van der Waals surface area contributed by atoms with E-state index in [0.29, 0.717) is 5.82 Å². The van der Waals surface area contributed by atoms with Crippen LogP contribution >= 0.6 is 0 Å². The number of hydrogen-bond acceptors (Lipinski definition) is 2. The summed E-state index contributed by atoms with van der Waals surface area (Å²) >= 11 is 0. The molecule has 64 heavy (non-hydrogen) atoms. The number of hydrogen-bond donors (Lipinski definition) is 0. The molecule has 0 unspecified atom stereocenters. The molecule has 1 heterocycles. The first-order chi connectivity index (χ1) is 31.5. The molecule has 0 radical (unpaired) electrons. The van der Waals surface area contributed by atoms with Gasteiger partial charge in [0.2, 0.25) is 0 Å². The highest BCUT2D eigenvalue weighted by Gasteiger charge is 2.53. The molecule has 302 valence electrons. The van der Waals surface area contributed by atoms with Crippen LogP contribution in [0.2, 0.25) is 0 Å². The third-order valence-corrected chi connectivity index (χ3v) is 13.8. The molecule has 0 bridgehead atoms. The number of aromatic nitrogens is 2. The molecule has 1 spiro atoms. The summed E-state index contributed by atoms with van der Waals surface area (Å²) in [7, 11) is 0. The summed E-state index contributed by atoms with van der Waals surface area (Å²) in [5.74, 6) is 0.689. The van der Waals surface area contributed by atoms with Crippen molar-refractivity contribution in [2.75, 3.05) is 0 Å². The summed E-state index contributed by atoms with van der Waals surface area (Å²) < 4.78 is 0. The van der Waals surface area contributed by atoms with E-state index in [1.165, 1.54) is 50.1 Å². The Kier molecular flexibility index (Phi) is 8.77. The highest BCUT2D eigenvalue weighted by Crippen LogP contribution is 2.62. The van der Waals surface area contributed by atoms with E-state index in [4.69, 9.17) is 9.97 Å². The van der Waals surface area contributed by atoms with Crippen LogP contribution in [0.3, 0.4) is 0 Å². The first-order valence-corrected chi connectivity index (χ1v) is 22.2. The van der Waals surface area contributed by atoms with E-state index in [1.807, 2.05) is 0 Å². The molecule has 0 amide bonds. The Labute approximate surface area is 375 Å². The molecule has 2 aliphatic rings. The lowest BCUT2D eigenvalue weighted by Gasteiger charge is -2.46. The lowest BCUT2D eigenvalue weighted by atomic mass is 9.55. The standard InChI is InChI=1S/C62H44N2/c1-61(2)54-33-15-16-34-55(54)62(52-31-13-11-28-49(52)50-29-12-14-32-53(50)62)56-36-35-45(39-57(56)61)48-27-9-10-30-51(48)59-40-58(46-25-17-23-43(37-46)41-19-5-3-6-20-41)63-60(64-59)47-26-18-24-44(38-47)42-21-7-4-8-22-42/h3-40H,1-2H3. The number of nitrogens with zero attached hydrogens (tertiary/aromatic N) is 2. The summed E-state index contributed by atoms with van der Waals surface area (Å²) in [6.07, 6.45) is 0. The molecule has 0 atom stereocenters. The average Bonchev–Trinajstić information content (AvgIpc) is 3.67. The molecule has 10 aromatic rings. The Morgan fingerprint density at radius 2 is 0.719 bits per heavy atom. The smallest absolute Gasteiger partial charge is 0.160 e. The molecule has 0 saturated heterocycles. The molecule has 2 nitrogen and oxygen atoms in total. The van der Waals surface area contributed by atoms with E-state index < -0.39 is 5.41 Å². The van der Waals surface area contributed by atoms with Crippen molar-refractivity contribution >= 4 is 0 Å². The second kappa shape index (κ2) is 14.9. The zero-order chi connectivity index (χ0) is 42.8. The van der Waals surface area contributed by atoms with Crippen molar-refractivity contribution in [1.82, 2.24) is 9.97 Å². The molecule has 2 aliphatic carbocycles. The van der Waals surface area contributed by atoms with Gasteiger partial charge in [0.15, 0.2) is 5.82 Å². The molecule has 12 rings (SSSR count). The van der Waals surface area contributed by atoms with Crippen LogP contribution in [0.25, 0.3) is 78.4 Å². The van der Waals surface area contributed by atoms with Crippen LogP contribution in [-0.2, 0) is 10.8 Å². The molecule has 1 aromatic heterocycles. The van der Waals surface area contributed by atoms with Gasteiger partial charge in [0.25, 0.3) is 0 Å². The molecule has 0 aliphatic heterocycles. The number of fused-ring (bicyclic) bond motifs is 9. The van der Waals surface area contributed by atoms with Gasteiger partial charge in [0.05, 0.1) is 16.8 Å². The fraction of sp³-hybridized carbons (Fsp3) is 0.0645. The molecular formula is C62H44N2. The van der Waals surface area contributed by atoms with Crippen molar-refractivity contribution in [2.24, 2.45) is 0 Å². The third kappa shape index (κ3) is 5.87. The first-order valence-electron chi connectivity index (χ1n) is 22.2. The zero-order valence-electron chi connectivity index (χ0n) is 35.8. The van der Waals surface area contributed by atoms with Crippen molar-refractivity contribution in [2.45, 2.75) is 24.7 Å². The van der Waals surface area contributed by atoms with Gasteiger partial charge >= 0.3 is 0 Å². The van der Waals surface area contributed by atoms with Gasteiger partial charge in [0.1, 0.15) is 0 Å². The fourth-order valence-corrected chi connectivity index (χ4v) is 10.8. The minimum Gasteiger partial charge on any atom is -0.228 e. The summed E-state index contributed by atoms with van der Waals surface area (Å²) in [5, 5.41) is 0. The lowest BCUT2D eigenvalue weighted by Crippen LogP contribution is -2.40. The van der Waals surface area contributed by atoms with Gasteiger partial charge in [-0.1, -0.05) is 220 Å². The predicted molar refractivity (Wildman–Crippen MR) is 264 cm³/mol. The molecule has 9 aromatic carbocycles. The third-order valence-electron chi connectivity index (χ3n) is 13.8. The molecule has 0 fully saturated rings. The summed E-state index contributed by atoms with van der Waals surface area (Å²) in [4.78, 5) is 10.8. The van der Waals surface area contributed by atoms with Crippen LogP contribution < -0.4 is 0 Å². The highest BCUT2D eigenvalue weighted by atomic mass is 14.9. The van der Waals surface area contributed by atoms with Gasteiger partial charge in [-0.15, -0.1) is 0 Å². The number of benzene rings is 9. The van der Waals surface area contributed by atoms with Crippen LogP contribution in [0.15, 0.2) is 231 Å². The van der Waals surface area contributed by atoms with E-state index in [9.17, 15) is 0 Å². The quantitative estimate of drug-likeness (QED) is 0.167. The van der Waals surface area contributed by atoms with Crippen molar-refractivity contribution < 1.29 is 0 Å². The van der Waals surface area contributed by atoms with Gasteiger partial charge in [-0.05, 0) is 102 Å². The topological polar surface area (TPSA) is 25.8 Å². The van der Waals surface area contributed by atoms with E-state index in [0.717, 1.165) is 55.9 Å². The Morgan fingerprint density at radius 1 is 0.266 bits per heavy atom. The van der Waals surface area contributed by atoms with Crippen LogP contribution in [0, 0.1) is 0 Å². The van der Waals surface area contributed by atoms with Crippen LogP contribution in [0.4, 0.5) is 0 Å². The first kappa shape index (κ1) is 37.8. The largest absolute Gasteiger partial charge is 0.228 e. The Bertz CT molecular complexity index is 3270. The van der Waals surface area contributed by atoms with Gasteiger partial charge in [-0.2, -0.15) is 0 Å². The lowest BCUT2D eigenvalue weighted by molar-refractivity contribution is 0.563. The summed E-state index contributed by atoms with van der Waals surface area (Å²) in [6, 6.07) is 83.8. The van der Waals surface area contributed by atoms with E-state index in [-0.39, 0.29) is 5.41 Å². The van der Waals surface area contributed by atoms with Gasteiger partial charge in [-0.3, -0.25) is 0 Å². The summed E-state index contributed by atoms with van der Waals surface area (Å²) in [6.45, 7) is 4.80.